The van der Waals surface area contributed by atoms with Gasteiger partial charge in [-0.2, -0.15) is 0 Å². The molecule has 1 atom stereocenters. The number of para-hydroxylation sites is 2. The number of benzene rings is 1. The van der Waals surface area contributed by atoms with Gasteiger partial charge in [0.25, 0.3) is 0 Å². The number of aromatic amines is 1. The van der Waals surface area contributed by atoms with Gasteiger partial charge in [0.2, 0.25) is 0 Å². The van der Waals surface area contributed by atoms with Crippen LogP contribution in [0.4, 0.5) is 0 Å². The molecular formula is C12H17N3OS. The first-order chi connectivity index (χ1) is 8.29. The van der Waals surface area contributed by atoms with E-state index in [0.29, 0.717) is 12.3 Å². The second kappa shape index (κ2) is 6.05. The van der Waals surface area contributed by atoms with Gasteiger partial charge in [0.05, 0.1) is 17.1 Å². The molecule has 2 rings (SSSR count). The Morgan fingerprint density at radius 3 is 3.06 bits per heavy atom. The number of hydrogen-bond donors (Lipinski definition) is 3. The Morgan fingerprint density at radius 2 is 2.29 bits per heavy atom. The highest BCUT2D eigenvalue weighted by atomic mass is 32.2. The maximum absolute atomic E-state index is 9.69. The fourth-order valence-electron chi connectivity index (χ4n) is 1.54. The Kier molecular flexibility index (Phi) is 4.42. The highest BCUT2D eigenvalue weighted by Crippen LogP contribution is 2.19. The van der Waals surface area contributed by atoms with E-state index < -0.39 is 0 Å². The average molecular weight is 251 g/mol. The largest absolute Gasteiger partial charge is 0.391 e. The molecule has 2 aromatic rings. The molecule has 92 valence electrons. The lowest BCUT2D eigenvalue weighted by molar-refractivity contribution is 0.196. The summed E-state index contributed by atoms with van der Waals surface area (Å²) in [7, 11) is 0. The summed E-state index contributed by atoms with van der Waals surface area (Å²) in [6.07, 6.45) is -0.340. The summed E-state index contributed by atoms with van der Waals surface area (Å²) >= 11 is 1.55. The van der Waals surface area contributed by atoms with Crippen molar-refractivity contribution in [3.63, 3.8) is 0 Å². The van der Waals surface area contributed by atoms with Gasteiger partial charge in [-0.15, -0.1) is 0 Å². The summed E-state index contributed by atoms with van der Waals surface area (Å²) in [6.45, 7) is 3.54. The second-order valence-electron chi connectivity index (χ2n) is 3.83. The predicted molar refractivity (Wildman–Crippen MR) is 71.4 cm³/mol. The normalized spacial score (nSPS) is 13.1. The van der Waals surface area contributed by atoms with Crippen molar-refractivity contribution in [3.05, 3.63) is 24.3 Å². The van der Waals surface area contributed by atoms with Crippen molar-refractivity contribution in [1.29, 1.82) is 0 Å². The van der Waals surface area contributed by atoms with Crippen LogP contribution >= 0.6 is 11.8 Å². The topological polar surface area (TPSA) is 60.9 Å². The van der Waals surface area contributed by atoms with Gasteiger partial charge in [-0.3, -0.25) is 0 Å². The molecule has 1 aromatic carbocycles. The van der Waals surface area contributed by atoms with Crippen molar-refractivity contribution in [2.75, 3.05) is 18.8 Å². The Labute approximate surface area is 105 Å². The van der Waals surface area contributed by atoms with E-state index in [4.69, 9.17) is 0 Å². The molecule has 0 aliphatic rings. The number of hydrogen-bond acceptors (Lipinski definition) is 4. The Bertz CT molecular complexity index is 438. The van der Waals surface area contributed by atoms with Crippen molar-refractivity contribution in [2.24, 2.45) is 0 Å². The molecule has 0 fully saturated rings. The highest BCUT2D eigenvalue weighted by Gasteiger charge is 2.07. The van der Waals surface area contributed by atoms with Gasteiger partial charge in [0.15, 0.2) is 5.16 Å². The Morgan fingerprint density at radius 1 is 1.47 bits per heavy atom. The molecule has 0 spiro atoms. The fourth-order valence-corrected chi connectivity index (χ4v) is 2.36. The van der Waals surface area contributed by atoms with Crippen LogP contribution in [0.25, 0.3) is 11.0 Å². The summed E-state index contributed by atoms with van der Waals surface area (Å²) < 4.78 is 0. The number of nitrogens with one attached hydrogen (secondary N) is 2. The zero-order valence-electron chi connectivity index (χ0n) is 9.81. The number of likely N-dealkylation sites (N-methyl/N-ethyl adjacent to an activating group) is 1. The van der Waals surface area contributed by atoms with Crippen molar-refractivity contribution < 1.29 is 5.11 Å². The average Bonchev–Trinajstić information content (AvgIpc) is 2.76. The Balaban J connectivity index is 1.90. The summed E-state index contributed by atoms with van der Waals surface area (Å²) in [5.74, 6) is 0.646. The van der Waals surface area contributed by atoms with Gasteiger partial charge >= 0.3 is 0 Å². The van der Waals surface area contributed by atoms with E-state index in [0.717, 1.165) is 22.7 Å². The van der Waals surface area contributed by atoms with Crippen LogP contribution in [0.2, 0.25) is 0 Å². The number of aromatic nitrogens is 2. The first kappa shape index (κ1) is 12.4. The number of imidazole rings is 1. The first-order valence-electron chi connectivity index (χ1n) is 5.76. The minimum absolute atomic E-state index is 0.340. The molecule has 0 bridgehead atoms. The third kappa shape index (κ3) is 3.46. The zero-order valence-corrected chi connectivity index (χ0v) is 10.6. The molecule has 0 aliphatic heterocycles. The first-order valence-corrected chi connectivity index (χ1v) is 6.74. The van der Waals surface area contributed by atoms with Crippen LogP contribution < -0.4 is 5.32 Å². The maximum atomic E-state index is 9.69. The van der Waals surface area contributed by atoms with Gasteiger partial charge in [-0.1, -0.05) is 30.8 Å². The summed E-state index contributed by atoms with van der Waals surface area (Å²) in [5, 5.41) is 13.7. The van der Waals surface area contributed by atoms with Crippen LogP contribution in [0.3, 0.4) is 0 Å². The second-order valence-corrected chi connectivity index (χ2v) is 4.84. The van der Waals surface area contributed by atoms with Crippen LogP contribution in [-0.2, 0) is 0 Å². The highest BCUT2D eigenvalue weighted by molar-refractivity contribution is 7.99. The molecule has 3 N–H and O–H groups in total. The molecular weight excluding hydrogens is 234 g/mol. The van der Waals surface area contributed by atoms with Gasteiger partial charge in [0, 0.05) is 12.3 Å². The molecule has 1 heterocycles. The lowest BCUT2D eigenvalue weighted by Gasteiger charge is -2.08. The van der Waals surface area contributed by atoms with Crippen LogP contribution in [0, 0.1) is 0 Å². The molecule has 0 radical (unpaired) electrons. The third-order valence-electron chi connectivity index (χ3n) is 2.41. The summed E-state index contributed by atoms with van der Waals surface area (Å²) in [5.41, 5.74) is 2.01. The van der Waals surface area contributed by atoms with E-state index >= 15 is 0 Å². The molecule has 0 saturated heterocycles. The van der Waals surface area contributed by atoms with E-state index in [1.165, 1.54) is 0 Å². The summed E-state index contributed by atoms with van der Waals surface area (Å²) in [4.78, 5) is 7.67. The lowest BCUT2D eigenvalue weighted by Crippen LogP contribution is -2.28. The predicted octanol–water partition coefficient (Wildman–Crippen LogP) is 1.63. The summed E-state index contributed by atoms with van der Waals surface area (Å²) in [6, 6.07) is 7.93. The molecule has 5 heteroatoms. The number of thioether (sulfide) groups is 1. The molecule has 0 amide bonds. The SMILES string of the molecule is CCNCC(O)CSc1nc2ccccc2[nH]1. The monoisotopic (exact) mass is 251 g/mol. The smallest absolute Gasteiger partial charge is 0.166 e. The van der Waals surface area contributed by atoms with E-state index in [1.54, 1.807) is 11.8 Å². The zero-order chi connectivity index (χ0) is 12.1. The number of aliphatic hydroxyl groups is 1. The molecule has 1 unspecified atom stereocenters. The van der Waals surface area contributed by atoms with E-state index in [-0.39, 0.29) is 6.10 Å². The van der Waals surface area contributed by atoms with Crippen LogP contribution in [-0.4, -0.2) is 40.0 Å². The van der Waals surface area contributed by atoms with Crippen LogP contribution in [0.1, 0.15) is 6.92 Å². The van der Waals surface area contributed by atoms with Crippen molar-refractivity contribution in [3.8, 4) is 0 Å². The van der Waals surface area contributed by atoms with Gasteiger partial charge in [0.1, 0.15) is 0 Å². The van der Waals surface area contributed by atoms with Crippen molar-refractivity contribution >= 4 is 22.8 Å². The van der Waals surface area contributed by atoms with Crippen LogP contribution in [0.5, 0.6) is 0 Å². The van der Waals surface area contributed by atoms with Gasteiger partial charge < -0.3 is 15.4 Å². The number of nitrogens with zero attached hydrogens (tertiary/aromatic N) is 1. The number of H-pyrrole nitrogens is 1. The van der Waals surface area contributed by atoms with Crippen molar-refractivity contribution in [1.82, 2.24) is 15.3 Å². The number of rotatable bonds is 6. The maximum Gasteiger partial charge on any atom is 0.166 e. The van der Waals surface area contributed by atoms with Crippen LogP contribution in [0.15, 0.2) is 29.4 Å². The molecule has 0 saturated carbocycles. The van der Waals surface area contributed by atoms with E-state index in [2.05, 4.69) is 15.3 Å². The minimum atomic E-state index is -0.340. The molecule has 0 aliphatic carbocycles. The Hall–Kier alpha value is -1.04. The third-order valence-corrected chi connectivity index (χ3v) is 3.43. The van der Waals surface area contributed by atoms with Gasteiger partial charge in [-0.25, -0.2) is 4.98 Å². The van der Waals surface area contributed by atoms with E-state index in [1.807, 2.05) is 31.2 Å². The number of fused-ring (bicyclic) bond motifs is 1. The fraction of sp³-hybridized carbons (Fsp3) is 0.417. The molecule has 17 heavy (non-hydrogen) atoms. The molecule has 1 aromatic heterocycles. The van der Waals surface area contributed by atoms with Gasteiger partial charge in [-0.05, 0) is 18.7 Å². The number of aliphatic hydroxyl groups excluding tert-OH is 1. The molecule has 4 nitrogen and oxygen atoms in total. The quantitative estimate of drug-likeness (QED) is 0.683. The standard InChI is InChI=1S/C12H17N3OS/c1-2-13-7-9(16)8-17-12-14-10-5-3-4-6-11(10)15-12/h3-6,9,13,16H,2,7-8H2,1H3,(H,14,15). The van der Waals surface area contributed by atoms with Crippen molar-refractivity contribution in [2.45, 2.75) is 18.2 Å². The lowest BCUT2D eigenvalue weighted by atomic mass is 10.3. The minimum Gasteiger partial charge on any atom is -0.391 e. The van der Waals surface area contributed by atoms with E-state index in [9.17, 15) is 5.11 Å².